The van der Waals surface area contributed by atoms with Crippen LogP contribution in [0.15, 0.2) is 48.7 Å². The van der Waals surface area contributed by atoms with E-state index in [9.17, 15) is 9.90 Å². The maximum absolute atomic E-state index is 12.8. The van der Waals surface area contributed by atoms with E-state index in [-0.39, 0.29) is 5.91 Å². The fourth-order valence-corrected chi connectivity index (χ4v) is 3.36. The van der Waals surface area contributed by atoms with Crippen molar-refractivity contribution in [2.75, 3.05) is 11.9 Å². The summed E-state index contributed by atoms with van der Waals surface area (Å²) in [5, 5.41) is 12.6. The van der Waals surface area contributed by atoms with Crippen LogP contribution in [-0.4, -0.2) is 23.0 Å². The standard InChI is InChI=1S/C17H13ClN2O2/c1-20-15-7-6-10(18)8-12(15)17(22,16(20)21)13-9-19-14-5-3-2-4-11(13)14/h2-9,19,22H,1H3/t17-/m1/s1. The van der Waals surface area contributed by atoms with Crippen LogP contribution in [0.5, 0.6) is 0 Å². The van der Waals surface area contributed by atoms with Gasteiger partial charge in [-0.05, 0) is 24.3 Å². The molecule has 0 radical (unpaired) electrons. The number of rotatable bonds is 1. The van der Waals surface area contributed by atoms with Gasteiger partial charge in [0.05, 0.1) is 5.69 Å². The van der Waals surface area contributed by atoms with Gasteiger partial charge < -0.3 is 15.0 Å². The smallest absolute Gasteiger partial charge is 0.268 e. The number of carbonyl (C=O) groups excluding carboxylic acids is 1. The Bertz CT molecular complexity index is 918. The van der Waals surface area contributed by atoms with Crippen LogP contribution in [0, 0.1) is 0 Å². The maximum Gasteiger partial charge on any atom is 0.268 e. The molecule has 22 heavy (non-hydrogen) atoms. The molecule has 0 bridgehead atoms. The molecular weight excluding hydrogens is 300 g/mol. The predicted octanol–water partition coefficient (Wildman–Crippen LogP) is 3.03. The summed E-state index contributed by atoms with van der Waals surface area (Å²) in [5.74, 6) is -0.380. The van der Waals surface area contributed by atoms with Crippen LogP contribution >= 0.6 is 11.6 Å². The number of nitrogens with one attached hydrogen (secondary N) is 1. The van der Waals surface area contributed by atoms with Gasteiger partial charge in [0.15, 0.2) is 5.60 Å². The number of halogens is 1. The van der Waals surface area contributed by atoms with E-state index in [1.54, 1.807) is 31.4 Å². The molecule has 1 aliphatic heterocycles. The van der Waals surface area contributed by atoms with Gasteiger partial charge in [-0.25, -0.2) is 0 Å². The monoisotopic (exact) mass is 312 g/mol. The zero-order chi connectivity index (χ0) is 15.5. The van der Waals surface area contributed by atoms with E-state index in [1.165, 1.54) is 4.90 Å². The predicted molar refractivity (Wildman–Crippen MR) is 86.2 cm³/mol. The molecule has 0 spiro atoms. The lowest BCUT2D eigenvalue weighted by molar-refractivity contribution is -0.131. The summed E-state index contributed by atoms with van der Waals surface area (Å²) in [6.45, 7) is 0. The molecule has 0 fully saturated rings. The van der Waals surface area contributed by atoms with E-state index in [2.05, 4.69) is 4.98 Å². The number of nitrogens with zero attached hydrogens (tertiary/aromatic N) is 1. The van der Waals surface area contributed by atoms with Crippen molar-refractivity contribution >= 4 is 34.1 Å². The van der Waals surface area contributed by atoms with Crippen molar-refractivity contribution in [2.24, 2.45) is 0 Å². The van der Waals surface area contributed by atoms with Crippen molar-refractivity contribution in [1.29, 1.82) is 0 Å². The van der Waals surface area contributed by atoms with E-state index in [1.807, 2.05) is 24.3 Å². The van der Waals surface area contributed by atoms with Crippen LogP contribution in [0.25, 0.3) is 10.9 Å². The van der Waals surface area contributed by atoms with E-state index in [0.717, 1.165) is 10.9 Å². The molecule has 1 aliphatic rings. The number of para-hydroxylation sites is 1. The molecule has 5 heteroatoms. The Balaban J connectivity index is 2.05. The highest BCUT2D eigenvalue weighted by molar-refractivity contribution is 6.31. The van der Waals surface area contributed by atoms with Crippen LogP contribution in [0.1, 0.15) is 11.1 Å². The van der Waals surface area contributed by atoms with Crippen molar-refractivity contribution in [1.82, 2.24) is 4.98 Å². The highest BCUT2D eigenvalue weighted by Crippen LogP contribution is 2.46. The van der Waals surface area contributed by atoms with Crippen LogP contribution in [0.3, 0.4) is 0 Å². The number of anilines is 1. The number of hydrogen-bond donors (Lipinski definition) is 2. The molecule has 2 aromatic carbocycles. The summed E-state index contributed by atoms with van der Waals surface area (Å²) >= 11 is 6.08. The first kappa shape index (κ1) is 13.4. The van der Waals surface area contributed by atoms with Gasteiger partial charge in [0, 0.05) is 40.3 Å². The summed E-state index contributed by atoms with van der Waals surface area (Å²) in [6, 6.07) is 12.7. The van der Waals surface area contributed by atoms with Gasteiger partial charge in [-0.3, -0.25) is 4.79 Å². The second-order valence-electron chi connectivity index (χ2n) is 5.48. The van der Waals surface area contributed by atoms with E-state index >= 15 is 0 Å². The first-order valence-electron chi connectivity index (χ1n) is 6.90. The van der Waals surface area contributed by atoms with E-state index in [0.29, 0.717) is 21.8 Å². The highest BCUT2D eigenvalue weighted by Gasteiger charge is 2.51. The van der Waals surface area contributed by atoms with Crippen molar-refractivity contribution < 1.29 is 9.90 Å². The minimum absolute atomic E-state index is 0.380. The molecule has 3 aromatic rings. The number of fused-ring (bicyclic) bond motifs is 2. The Hall–Kier alpha value is -2.30. The lowest BCUT2D eigenvalue weighted by Crippen LogP contribution is -2.39. The number of benzene rings is 2. The first-order valence-corrected chi connectivity index (χ1v) is 7.28. The molecule has 4 nitrogen and oxygen atoms in total. The van der Waals surface area contributed by atoms with E-state index < -0.39 is 5.60 Å². The SMILES string of the molecule is CN1C(=O)[C@](O)(c2c[nH]c3ccccc23)c2cc(Cl)ccc21. The second kappa shape index (κ2) is 4.35. The van der Waals surface area contributed by atoms with Gasteiger partial charge in [0.1, 0.15) is 0 Å². The van der Waals surface area contributed by atoms with Gasteiger partial charge in [0.2, 0.25) is 0 Å². The zero-order valence-corrected chi connectivity index (χ0v) is 12.6. The van der Waals surface area contributed by atoms with Crippen molar-refractivity contribution in [3.8, 4) is 0 Å². The third-order valence-electron chi connectivity index (χ3n) is 4.30. The van der Waals surface area contributed by atoms with Gasteiger partial charge >= 0.3 is 0 Å². The van der Waals surface area contributed by atoms with Gasteiger partial charge in [-0.1, -0.05) is 29.8 Å². The summed E-state index contributed by atoms with van der Waals surface area (Å²) in [7, 11) is 1.65. The third-order valence-corrected chi connectivity index (χ3v) is 4.54. The average molecular weight is 313 g/mol. The molecule has 2 heterocycles. The van der Waals surface area contributed by atoms with Crippen LogP contribution in [-0.2, 0) is 10.4 Å². The maximum atomic E-state index is 12.8. The van der Waals surface area contributed by atoms with Crippen molar-refractivity contribution in [2.45, 2.75) is 5.60 Å². The minimum Gasteiger partial charge on any atom is -0.372 e. The van der Waals surface area contributed by atoms with Crippen LogP contribution < -0.4 is 4.90 Å². The average Bonchev–Trinajstić information content (AvgIpc) is 3.03. The lowest BCUT2D eigenvalue weighted by atomic mass is 9.87. The quantitative estimate of drug-likeness (QED) is 0.725. The highest BCUT2D eigenvalue weighted by atomic mass is 35.5. The van der Waals surface area contributed by atoms with Gasteiger partial charge in [-0.15, -0.1) is 0 Å². The van der Waals surface area contributed by atoms with Crippen molar-refractivity contribution in [3.05, 3.63) is 64.8 Å². The molecule has 1 amide bonds. The largest absolute Gasteiger partial charge is 0.372 e. The molecule has 0 saturated carbocycles. The third kappa shape index (κ3) is 1.54. The summed E-state index contributed by atoms with van der Waals surface area (Å²) in [6.07, 6.45) is 1.69. The summed E-state index contributed by atoms with van der Waals surface area (Å²) in [4.78, 5) is 17.3. The number of H-pyrrole nitrogens is 1. The van der Waals surface area contributed by atoms with Gasteiger partial charge in [-0.2, -0.15) is 0 Å². The Morgan fingerprint density at radius 1 is 1.18 bits per heavy atom. The summed E-state index contributed by atoms with van der Waals surface area (Å²) in [5.41, 5.74) is 0.867. The fraction of sp³-hybridized carbons (Fsp3) is 0.118. The molecule has 0 saturated heterocycles. The molecule has 0 aliphatic carbocycles. The number of aromatic nitrogens is 1. The molecule has 2 N–H and O–H groups in total. The Morgan fingerprint density at radius 3 is 2.77 bits per heavy atom. The topological polar surface area (TPSA) is 56.3 Å². The number of aromatic amines is 1. The molecule has 110 valence electrons. The number of amides is 1. The molecule has 0 unspecified atom stereocenters. The number of aliphatic hydroxyl groups is 1. The number of hydrogen-bond acceptors (Lipinski definition) is 2. The van der Waals surface area contributed by atoms with Crippen LogP contribution in [0.4, 0.5) is 5.69 Å². The zero-order valence-electron chi connectivity index (χ0n) is 11.8. The lowest BCUT2D eigenvalue weighted by Gasteiger charge is -2.21. The Kier molecular flexibility index (Phi) is 2.64. The number of likely N-dealkylation sites (N-methyl/N-ethyl adjacent to an activating group) is 1. The Labute approximate surface area is 131 Å². The van der Waals surface area contributed by atoms with Crippen LogP contribution in [0.2, 0.25) is 5.02 Å². The van der Waals surface area contributed by atoms with Crippen molar-refractivity contribution in [3.63, 3.8) is 0 Å². The minimum atomic E-state index is -1.73. The molecular formula is C17H13ClN2O2. The first-order chi connectivity index (χ1) is 10.5. The number of carbonyl (C=O) groups is 1. The summed E-state index contributed by atoms with van der Waals surface area (Å²) < 4.78 is 0. The molecule has 1 aromatic heterocycles. The second-order valence-corrected chi connectivity index (χ2v) is 5.92. The molecule has 1 atom stereocenters. The Morgan fingerprint density at radius 2 is 1.95 bits per heavy atom. The normalized spacial score (nSPS) is 20.7. The van der Waals surface area contributed by atoms with E-state index in [4.69, 9.17) is 11.6 Å². The molecule has 4 rings (SSSR count). The fourth-order valence-electron chi connectivity index (χ4n) is 3.19. The van der Waals surface area contributed by atoms with Gasteiger partial charge in [0.25, 0.3) is 5.91 Å².